The fourth-order valence-electron chi connectivity index (χ4n) is 1.90. The van der Waals surface area contributed by atoms with E-state index in [0.717, 1.165) is 12.1 Å². The number of carbonyl (C=O) groups excluding carboxylic acids is 1. The van der Waals surface area contributed by atoms with Crippen molar-refractivity contribution in [1.29, 1.82) is 0 Å². The molecule has 0 aromatic heterocycles. The van der Waals surface area contributed by atoms with E-state index in [4.69, 9.17) is 5.73 Å². The Labute approximate surface area is 134 Å². The van der Waals surface area contributed by atoms with Gasteiger partial charge in [-0.05, 0) is 18.6 Å². The van der Waals surface area contributed by atoms with E-state index in [9.17, 15) is 18.0 Å². The van der Waals surface area contributed by atoms with Crippen molar-refractivity contribution in [2.24, 2.45) is 5.73 Å². The summed E-state index contributed by atoms with van der Waals surface area (Å²) < 4.78 is 38.2. The molecule has 0 aliphatic carbocycles. The smallest absolute Gasteiger partial charge is 0.355 e. The molecule has 1 aromatic rings. The Hall–Kier alpha value is -1.27. The number of benzene rings is 1. The van der Waals surface area contributed by atoms with Gasteiger partial charge in [0, 0.05) is 24.4 Å². The first-order valence-electron chi connectivity index (χ1n) is 6.72. The van der Waals surface area contributed by atoms with Crippen LogP contribution in [0, 0.1) is 0 Å². The molecule has 0 saturated heterocycles. The largest absolute Gasteiger partial charge is 0.416 e. The second kappa shape index (κ2) is 7.83. The summed E-state index contributed by atoms with van der Waals surface area (Å²) in [6, 6.07) is 4.92. The average Bonchev–Trinajstić information content (AvgIpc) is 2.35. The lowest BCUT2D eigenvalue weighted by Gasteiger charge is -2.26. The summed E-state index contributed by atoms with van der Waals surface area (Å²) in [7, 11) is 0. The average molecular weight is 339 g/mol. The quantitative estimate of drug-likeness (QED) is 0.865. The lowest BCUT2D eigenvalue weighted by molar-refractivity contribution is -0.137. The molecule has 7 heteroatoms. The molecule has 1 rings (SSSR count). The first-order chi connectivity index (χ1) is 9.52. The molecule has 1 aromatic carbocycles. The van der Waals surface area contributed by atoms with Crippen molar-refractivity contribution in [3.63, 3.8) is 0 Å². The second-order valence-electron chi connectivity index (χ2n) is 5.92. The molecule has 0 aliphatic rings. The van der Waals surface area contributed by atoms with E-state index in [0.29, 0.717) is 5.56 Å². The Bertz CT molecular complexity index is 502. The van der Waals surface area contributed by atoms with E-state index in [1.165, 1.54) is 6.07 Å². The van der Waals surface area contributed by atoms with Crippen LogP contribution in [0.25, 0.3) is 0 Å². The maximum absolute atomic E-state index is 12.7. The number of nitrogens with two attached hydrogens (primary N) is 1. The third kappa shape index (κ3) is 6.23. The van der Waals surface area contributed by atoms with Crippen LogP contribution in [-0.4, -0.2) is 18.5 Å². The van der Waals surface area contributed by atoms with Crippen LogP contribution in [0.2, 0.25) is 0 Å². The van der Waals surface area contributed by atoms with Crippen molar-refractivity contribution in [3.05, 3.63) is 35.4 Å². The highest BCUT2D eigenvalue weighted by molar-refractivity contribution is 5.85. The molecule has 0 fully saturated rings. The normalized spacial score (nSPS) is 13.2. The van der Waals surface area contributed by atoms with Crippen molar-refractivity contribution in [3.8, 4) is 0 Å². The van der Waals surface area contributed by atoms with Crippen molar-refractivity contribution in [2.45, 2.75) is 44.8 Å². The molecular formula is C15H22ClF3N2O. The van der Waals surface area contributed by atoms with Crippen molar-refractivity contribution in [2.75, 3.05) is 6.54 Å². The van der Waals surface area contributed by atoms with Gasteiger partial charge in [-0.15, -0.1) is 12.4 Å². The van der Waals surface area contributed by atoms with E-state index in [2.05, 4.69) is 5.32 Å². The van der Waals surface area contributed by atoms with E-state index in [1.807, 2.05) is 0 Å². The second-order valence-corrected chi connectivity index (χ2v) is 5.92. The van der Waals surface area contributed by atoms with E-state index >= 15 is 0 Å². The zero-order chi connectivity index (χ0) is 16.3. The zero-order valence-corrected chi connectivity index (χ0v) is 13.6. The molecule has 3 nitrogen and oxygen atoms in total. The van der Waals surface area contributed by atoms with Gasteiger partial charge in [-0.25, -0.2) is 0 Å². The first kappa shape index (κ1) is 20.7. The minimum atomic E-state index is -4.37. The molecule has 0 bridgehead atoms. The predicted octanol–water partition coefficient (Wildman–Crippen LogP) is 3.26. The fraction of sp³-hybridized carbons (Fsp3) is 0.533. The predicted molar refractivity (Wildman–Crippen MR) is 83.0 cm³/mol. The van der Waals surface area contributed by atoms with Gasteiger partial charge in [0.1, 0.15) is 0 Å². The maximum atomic E-state index is 12.7. The molecule has 0 radical (unpaired) electrons. The Morgan fingerprint density at radius 1 is 1.27 bits per heavy atom. The monoisotopic (exact) mass is 338 g/mol. The summed E-state index contributed by atoms with van der Waals surface area (Å²) in [4.78, 5) is 11.6. The minimum Gasteiger partial charge on any atom is -0.355 e. The Morgan fingerprint density at radius 3 is 2.32 bits per heavy atom. The van der Waals surface area contributed by atoms with Crippen LogP contribution in [0.3, 0.4) is 0 Å². The van der Waals surface area contributed by atoms with Crippen molar-refractivity contribution >= 4 is 18.3 Å². The van der Waals surface area contributed by atoms with Gasteiger partial charge in [-0.3, -0.25) is 4.79 Å². The highest BCUT2D eigenvalue weighted by Gasteiger charge is 2.32. The molecule has 1 atom stereocenters. The SMILES string of the molecule is CC(N)CC(=O)NCC(C)(C)c1cccc(C(F)(F)F)c1.Cl. The zero-order valence-electron chi connectivity index (χ0n) is 12.8. The van der Waals surface area contributed by atoms with Gasteiger partial charge in [0.05, 0.1) is 5.56 Å². The van der Waals surface area contributed by atoms with Crippen LogP contribution in [0.4, 0.5) is 13.2 Å². The number of carbonyl (C=O) groups is 1. The molecule has 1 unspecified atom stereocenters. The number of alkyl halides is 3. The van der Waals surface area contributed by atoms with Gasteiger partial charge < -0.3 is 11.1 Å². The van der Waals surface area contributed by atoms with Gasteiger partial charge >= 0.3 is 6.18 Å². The highest BCUT2D eigenvalue weighted by atomic mass is 35.5. The summed E-state index contributed by atoms with van der Waals surface area (Å²) in [6.07, 6.45) is -4.18. The van der Waals surface area contributed by atoms with Crippen molar-refractivity contribution < 1.29 is 18.0 Å². The fourth-order valence-corrected chi connectivity index (χ4v) is 1.90. The van der Waals surface area contributed by atoms with Crippen LogP contribution in [0.5, 0.6) is 0 Å². The molecule has 0 saturated carbocycles. The standard InChI is InChI=1S/C15H21F3N2O.ClH/c1-10(19)7-13(21)20-9-14(2,3)11-5-4-6-12(8-11)15(16,17)18;/h4-6,8,10H,7,9,19H2,1-3H3,(H,20,21);1H. The number of hydrogen-bond acceptors (Lipinski definition) is 2. The lowest BCUT2D eigenvalue weighted by Crippen LogP contribution is -2.38. The number of halogens is 4. The third-order valence-corrected chi connectivity index (χ3v) is 3.21. The topological polar surface area (TPSA) is 55.1 Å². The molecule has 126 valence electrons. The molecule has 0 heterocycles. The molecule has 22 heavy (non-hydrogen) atoms. The summed E-state index contributed by atoms with van der Waals surface area (Å²) in [5.41, 5.74) is 4.76. The van der Waals surface area contributed by atoms with Gasteiger partial charge in [0.25, 0.3) is 0 Å². The molecule has 1 amide bonds. The summed E-state index contributed by atoms with van der Waals surface area (Å²) in [6.45, 7) is 5.54. The van der Waals surface area contributed by atoms with Crippen LogP contribution >= 0.6 is 12.4 Å². The van der Waals surface area contributed by atoms with E-state index in [-0.39, 0.29) is 37.3 Å². The Kier molecular flexibility index (Phi) is 7.38. The maximum Gasteiger partial charge on any atom is 0.416 e. The van der Waals surface area contributed by atoms with Gasteiger partial charge in [-0.1, -0.05) is 32.0 Å². The highest BCUT2D eigenvalue weighted by Crippen LogP contribution is 2.32. The Balaban J connectivity index is 0.00000441. The van der Waals surface area contributed by atoms with Gasteiger partial charge in [-0.2, -0.15) is 13.2 Å². The number of nitrogens with one attached hydrogen (secondary N) is 1. The number of amides is 1. The summed E-state index contributed by atoms with van der Waals surface area (Å²) in [5, 5.41) is 2.71. The van der Waals surface area contributed by atoms with Crippen LogP contribution in [0.15, 0.2) is 24.3 Å². The van der Waals surface area contributed by atoms with Gasteiger partial charge in [0.15, 0.2) is 0 Å². The number of hydrogen-bond donors (Lipinski definition) is 2. The lowest BCUT2D eigenvalue weighted by atomic mass is 9.83. The van der Waals surface area contributed by atoms with Gasteiger partial charge in [0.2, 0.25) is 5.91 Å². The van der Waals surface area contributed by atoms with Crippen LogP contribution < -0.4 is 11.1 Å². The molecular weight excluding hydrogens is 317 g/mol. The molecule has 0 spiro atoms. The van der Waals surface area contributed by atoms with E-state index < -0.39 is 17.2 Å². The van der Waals surface area contributed by atoms with Crippen LogP contribution in [0.1, 0.15) is 38.3 Å². The minimum absolute atomic E-state index is 0. The van der Waals surface area contributed by atoms with Crippen molar-refractivity contribution in [1.82, 2.24) is 5.32 Å². The third-order valence-electron chi connectivity index (χ3n) is 3.21. The van der Waals surface area contributed by atoms with Crippen LogP contribution in [-0.2, 0) is 16.4 Å². The number of rotatable bonds is 5. The first-order valence-corrected chi connectivity index (χ1v) is 6.72. The molecule has 3 N–H and O–H groups in total. The Morgan fingerprint density at radius 2 is 1.82 bits per heavy atom. The summed E-state index contributed by atoms with van der Waals surface area (Å²) in [5.74, 6) is -0.204. The van der Waals surface area contributed by atoms with E-state index in [1.54, 1.807) is 26.8 Å². The molecule has 0 aliphatic heterocycles. The summed E-state index contributed by atoms with van der Waals surface area (Å²) >= 11 is 0.